The molecule has 0 fully saturated rings. The molecule has 3 rings (SSSR count). The van der Waals surface area contributed by atoms with Gasteiger partial charge in [0.2, 0.25) is 11.7 Å². The molecule has 0 atom stereocenters. The number of carbonyl (C=O) groups is 2. The van der Waals surface area contributed by atoms with Gasteiger partial charge in [-0.15, -0.1) is 10.2 Å². The Morgan fingerprint density at radius 3 is 2.73 bits per heavy atom. The Balaban J connectivity index is 1.60. The van der Waals surface area contributed by atoms with E-state index >= 15 is 0 Å². The number of ether oxygens (including phenoxy) is 1. The molecule has 2 aromatic heterocycles. The number of carbonyl (C=O) groups excluding carboxylic acids is 2. The summed E-state index contributed by atoms with van der Waals surface area (Å²) in [5.74, 6) is 0.676. The van der Waals surface area contributed by atoms with Gasteiger partial charge in [-0.1, -0.05) is 30.0 Å². The number of imide groups is 1. The molecule has 0 aliphatic rings. The molecule has 0 unspecified atom stereocenters. The lowest BCUT2D eigenvalue weighted by Crippen LogP contribution is -2.40. The first-order valence-electron chi connectivity index (χ1n) is 9.52. The fourth-order valence-electron chi connectivity index (χ4n) is 2.60. The van der Waals surface area contributed by atoms with Crippen LogP contribution in [-0.4, -0.2) is 52.2 Å². The third kappa shape index (κ3) is 5.94. The zero-order valence-electron chi connectivity index (χ0n) is 16.5. The zero-order valence-corrected chi connectivity index (χ0v) is 17.4. The van der Waals surface area contributed by atoms with Crippen LogP contribution in [0.25, 0.3) is 17.3 Å². The number of thioether (sulfide) groups is 1. The molecule has 0 spiro atoms. The molecular formula is C20H23N5O4S. The van der Waals surface area contributed by atoms with Gasteiger partial charge >= 0.3 is 6.03 Å². The van der Waals surface area contributed by atoms with Crippen LogP contribution in [0.15, 0.2) is 58.3 Å². The fraction of sp³-hybridized carbons (Fsp3) is 0.300. The van der Waals surface area contributed by atoms with Crippen molar-refractivity contribution in [2.75, 3.05) is 25.5 Å². The molecule has 30 heavy (non-hydrogen) atoms. The summed E-state index contributed by atoms with van der Waals surface area (Å²) < 4.78 is 12.5. The van der Waals surface area contributed by atoms with E-state index in [-0.39, 0.29) is 5.75 Å². The maximum atomic E-state index is 12.2. The summed E-state index contributed by atoms with van der Waals surface area (Å²) in [6, 6.07) is 12.6. The molecule has 158 valence electrons. The molecule has 3 aromatic rings. The number of nitrogens with zero attached hydrogens (tertiary/aromatic N) is 3. The number of nitrogens with one attached hydrogen (secondary N) is 2. The van der Waals surface area contributed by atoms with E-state index in [0.717, 1.165) is 5.69 Å². The highest BCUT2D eigenvalue weighted by atomic mass is 32.2. The normalized spacial score (nSPS) is 10.7. The Kier molecular flexibility index (Phi) is 8.04. The summed E-state index contributed by atoms with van der Waals surface area (Å²) >= 11 is 1.18. The number of furan rings is 1. The van der Waals surface area contributed by atoms with Crippen LogP contribution in [0.1, 0.15) is 13.3 Å². The van der Waals surface area contributed by atoms with Gasteiger partial charge in [-0.3, -0.25) is 14.7 Å². The molecule has 9 nitrogen and oxygen atoms in total. The van der Waals surface area contributed by atoms with Crippen molar-refractivity contribution in [3.8, 4) is 17.3 Å². The van der Waals surface area contributed by atoms with Crippen molar-refractivity contribution in [2.24, 2.45) is 0 Å². The largest absolute Gasteiger partial charge is 0.461 e. The molecule has 1 aromatic carbocycles. The second-order valence-electron chi connectivity index (χ2n) is 6.10. The van der Waals surface area contributed by atoms with Crippen LogP contribution >= 0.6 is 11.8 Å². The van der Waals surface area contributed by atoms with Crippen LogP contribution in [-0.2, 0) is 9.53 Å². The second-order valence-corrected chi connectivity index (χ2v) is 7.04. The molecule has 2 N–H and O–H groups in total. The van der Waals surface area contributed by atoms with Crippen LogP contribution in [0, 0.1) is 0 Å². The van der Waals surface area contributed by atoms with Gasteiger partial charge in [-0.05, 0) is 37.6 Å². The van der Waals surface area contributed by atoms with E-state index in [0.29, 0.717) is 42.9 Å². The maximum Gasteiger partial charge on any atom is 0.321 e. The molecule has 0 saturated heterocycles. The van der Waals surface area contributed by atoms with E-state index in [1.165, 1.54) is 11.8 Å². The first-order chi connectivity index (χ1) is 14.7. The predicted octanol–water partition coefficient (Wildman–Crippen LogP) is 2.87. The van der Waals surface area contributed by atoms with Gasteiger partial charge in [-0.2, -0.15) is 0 Å². The van der Waals surface area contributed by atoms with Crippen molar-refractivity contribution < 1.29 is 18.7 Å². The van der Waals surface area contributed by atoms with E-state index < -0.39 is 11.9 Å². The van der Waals surface area contributed by atoms with E-state index in [9.17, 15) is 9.59 Å². The Morgan fingerprint density at radius 1 is 1.17 bits per heavy atom. The quantitative estimate of drug-likeness (QED) is 0.376. The highest BCUT2D eigenvalue weighted by Gasteiger charge is 2.19. The number of rotatable bonds is 10. The number of benzene rings is 1. The summed E-state index contributed by atoms with van der Waals surface area (Å²) in [7, 11) is 0. The molecule has 0 radical (unpaired) electrons. The van der Waals surface area contributed by atoms with Crippen molar-refractivity contribution in [3.63, 3.8) is 0 Å². The minimum atomic E-state index is -0.530. The fourth-order valence-corrected chi connectivity index (χ4v) is 3.35. The minimum Gasteiger partial charge on any atom is -0.461 e. The van der Waals surface area contributed by atoms with E-state index in [4.69, 9.17) is 9.15 Å². The number of para-hydroxylation sites is 1. The number of urea groups is 1. The first-order valence-corrected chi connectivity index (χ1v) is 10.5. The van der Waals surface area contributed by atoms with Crippen molar-refractivity contribution >= 4 is 23.7 Å². The van der Waals surface area contributed by atoms with E-state index in [2.05, 4.69) is 20.8 Å². The van der Waals surface area contributed by atoms with Gasteiger partial charge < -0.3 is 14.5 Å². The van der Waals surface area contributed by atoms with Crippen molar-refractivity contribution in [2.45, 2.75) is 18.5 Å². The zero-order chi connectivity index (χ0) is 21.2. The predicted molar refractivity (Wildman–Crippen MR) is 112 cm³/mol. The van der Waals surface area contributed by atoms with Gasteiger partial charge in [0.25, 0.3) is 0 Å². The molecule has 10 heteroatoms. The SMILES string of the molecule is CCOCCCNC(=O)NC(=O)CSc1nnc(-c2ccco2)n1-c1ccccc1. The van der Waals surface area contributed by atoms with Crippen LogP contribution < -0.4 is 10.6 Å². The van der Waals surface area contributed by atoms with Gasteiger partial charge in [0.15, 0.2) is 10.9 Å². The third-order valence-corrected chi connectivity index (χ3v) is 4.86. The maximum absolute atomic E-state index is 12.2. The monoisotopic (exact) mass is 429 g/mol. The van der Waals surface area contributed by atoms with Gasteiger partial charge in [0, 0.05) is 25.4 Å². The lowest BCUT2D eigenvalue weighted by molar-refractivity contribution is -0.117. The second kappa shape index (κ2) is 11.2. The number of aromatic nitrogens is 3. The summed E-state index contributed by atoms with van der Waals surface area (Å²) in [5.41, 5.74) is 0.837. The molecule has 0 saturated carbocycles. The minimum absolute atomic E-state index is 0.00941. The van der Waals surface area contributed by atoms with E-state index in [1.807, 2.05) is 41.8 Å². The Morgan fingerprint density at radius 2 is 2.00 bits per heavy atom. The molecule has 0 bridgehead atoms. The van der Waals surface area contributed by atoms with E-state index in [1.54, 1.807) is 18.4 Å². The lowest BCUT2D eigenvalue weighted by Gasteiger charge is -2.09. The van der Waals surface area contributed by atoms with Gasteiger partial charge in [0.05, 0.1) is 12.0 Å². The van der Waals surface area contributed by atoms with Crippen molar-refractivity contribution in [1.82, 2.24) is 25.4 Å². The standard InChI is InChI=1S/C20H23N5O4S/c1-2-28-12-7-11-21-19(27)22-17(26)14-30-20-24-23-18(16-10-6-13-29-16)25(20)15-8-4-3-5-9-15/h3-6,8-10,13H,2,7,11-12,14H2,1H3,(H2,21,22,26,27). The Hall–Kier alpha value is -3.11. The molecule has 3 amide bonds. The third-order valence-electron chi connectivity index (χ3n) is 3.93. The van der Waals surface area contributed by atoms with Crippen LogP contribution in [0.2, 0.25) is 0 Å². The highest BCUT2D eigenvalue weighted by Crippen LogP contribution is 2.27. The lowest BCUT2D eigenvalue weighted by atomic mass is 10.3. The Labute approximate surface area is 178 Å². The molecule has 0 aliphatic carbocycles. The number of amides is 3. The van der Waals surface area contributed by atoms with Gasteiger partial charge in [-0.25, -0.2) is 4.79 Å². The summed E-state index contributed by atoms with van der Waals surface area (Å²) in [6.07, 6.45) is 2.24. The summed E-state index contributed by atoms with van der Waals surface area (Å²) in [6.45, 7) is 3.54. The average Bonchev–Trinajstić information content (AvgIpc) is 3.42. The van der Waals surface area contributed by atoms with Gasteiger partial charge in [0.1, 0.15) is 0 Å². The Bertz CT molecular complexity index is 944. The van der Waals surface area contributed by atoms with Crippen molar-refractivity contribution in [1.29, 1.82) is 0 Å². The first kappa shape index (κ1) is 21.6. The smallest absolute Gasteiger partial charge is 0.321 e. The van der Waals surface area contributed by atoms with Crippen LogP contribution in [0.4, 0.5) is 4.79 Å². The molecular weight excluding hydrogens is 406 g/mol. The van der Waals surface area contributed by atoms with Crippen LogP contribution in [0.3, 0.4) is 0 Å². The highest BCUT2D eigenvalue weighted by molar-refractivity contribution is 7.99. The summed E-state index contributed by atoms with van der Waals surface area (Å²) in [5, 5.41) is 13.9. The van der Waals surface area contributed by atoms with Crippen LogP contribution in [0.5, 0.6) is 0 Å². The number of hydrogen-bond donors (Lipinski definition) is 2. The summed E-state index contributed by atoms with van der Waals surface area (Å²) in [4.78, 5) is 24.0. The molecule has 0 aliphatic heterocycles. The average molecular weight is 430 g/mol. The van der Waals surface area contributed by atoms with Crippen molar-refractivity contribution in [3.05, 3.63) is 48.7 Å². The molecule has 2 heterocycles. The topological polar surface area (TPSA) is 111 Å². The number of hydrogen-bond acceptors (Lipinski definition) is 7.